The fourth-order valence-corrected chi connectivity index (χ4v) is 1.38. The SMILES string of the molecule is C=CCC(C/C(C)=C/C=C\C)C(=C)C. The van der Waals surface area contributed by atoms with Crippen LogP contribution in [-0.2, 0) is 0 Å². The van der Waals surface area contributed by atoms with Crippen LogP contribution in [0.2, 0.25) is 0 Å². The molecule has 0 fully saturated rings. The van der Waals surface area contributed by atoms with Crippen molar-refractivity contribution in [2.75, 3.05) is 0 Å². The van der Waals surface area contributed by atoms with Gasteiger partial charge in [0.15, 0.2) is 0 Å². The standard InChI is InChI=1S/C14H22/c1-6-8-10-13(5)11-14(9-7-2)12(3)4/h6-8,10,14H,2-3,9,11H2,1,4-5H3/b8-6-,13-10+. The van der Waals surface area contributed by atoms with Crippen LogP contribution in [0.4, 0.5) is 0 Å². The first-order valence-electron chi connectivity index (χ1n) is 5.16. The number of allylic oxidation sites excluding steroid dienone is 6. The molecule has 0 heteroatoms. The quantitative estimate of drug-likeness (QED) is 0.422. The third kappa shape index (κ3) is 5.58. The van der Waals surface area contributed by atoms with E-state index in [1.54, 1.807) is 0 Å². The lowest BCUT2D eigenvalue weighted by Crippen LogP contribution is -2.00. The van der Waals surface area contributed by atoms with Crippen LogP contribution in [0.15, 0.2) is 48.6 Å². The molecule has 0 spiro atoms. The van der Waals surface area contributed by atoms with E-state index in [9.17, 15) is 0 Å². The Morgan fingerprint density at radius 1 is 1.36 bits per heavy atom. The maximum Gasteiger partial charge on any atom is -0.0137 e. The van der Waals surface area contributed by atoms with Crippen molar-refractivity contribution in [2.24, 2.45) is 5.92 Å². The van der Waals surface area contributed by atoms with Crippen LogP contribution in [0, 0.1) is 5.92 Å². The van der Waals surface area contributed by atoms with Crippen molar-refractivity contribution in [1.29, 1.82) is 0 Å². The third-order valence-corrected chi connectivity index (χ3v) is 2.29. The van der Waals surface area contributed by atoms with Crippen molar-refractivity contribution in [1.82, 2.24) is 0 Å². The molecule has 0 N–H and O–H groups in total. The summed E-state index contributed by atoms with van der Waals surface area (Å²) in [5.74, 6) is 0.550. The zero-order valence-electron chi connectivity index (χ0n) is 9.72. The summed E-state index contributed by atoms with van der Waals surface area (Å²) >= 11 is 0. The van der Waals surface area contributed by atoms with Crippen LogP contribution in [0.1, 0.15) is 33.6 Å². The maximum atomic E-state index is 4.01. The Labute approximate surface area is 88.7 Å². The molecule has 0 aromatic carbocycles. The molecule has 0 saturated heterocycles. The highest BCUT2D eigenvalue weighted by Gasteiger charge is 2.07. The van der Waals surface area contributed by atoms with Gasteiger partial charge in [-0.1, -0.05) is 42.0 Å². The fraction of sp³-hybridized carbons (Fsp3) is 0.429. The summed E-state index contributed by atoms with van der Waals surface area (Å²) in [6, 6.07) is 0. The van der Waals surface area contributed by atoms with Crippen molar-refractivity contribution < 1.29 is 0 Å². The van der Waals surface area contributed by atoms with Crippen molar-refractivity contribution in [3.05, 3.63) is 48.6 Å². The fourth-order valence-electron chi connectivity index (χ4n) is 1.38. The van der Waals surface area contributed by atoms with Gasteiger partial charge in [-0.25, -0.2) is 0 Å². The molecule has 0 aromatic heterocycles. The normalized spacial score (nSPS) is 14.4. The van der Waals surface area contributed by atoms with E-state index in [2.05, 4.69) is 39.2 Å². The van der Waals surface area contributed by atoms with E-state index < -0.39 is 0 Å². The molecular formula is C14H22. The van der Waals surface area contributed by atoms with E-state index in [1.165, 1.54) is 11.1 Å². The van der Waals surface area contributed by atoms with Gasteiger partial charge in [-0.2, -0.15) is 0 Å². The number of rotatable bonds is 6. The van der Waals surface area contributed by atoms with Crippen LogP contribution in [0.25, 0.3) is 0 Å². The zero-order valence-corrected chi connectivity index (χ0v) is 9.72. The first kappa shape index (κ1) is 13.0. The molecule has 1 atom stereocenters. The molecule has 1 unspecified atom stereocenters. The smallest absolute Gasteiger partial charge is 0.0137 e. The lowest BCUT2D eigenvalue weighted by molar-refractivity contribution is 0.618. The summed E-state index contributed by atoms with van der Waals surface area (Å²) in [6.07, 6.45) is 10.4. The Hall–Kier alpha value is -1.04. The lowest BCUT2D eigenvalue weighted by Gasteiger charge is -2.14. The maximum absolute atomic E-state index is 4.01. The Morgan fingerprint density at radius 2 is 2.00 bits per heavy atom. The summed E-state index contributed by atoms with van der Waals surface area (Å²) in [6.45, 7) is 14.1. The Kier molecular flexibility index (Phi) is 6.82. The Bertz CT molecular complexity index is 241. The minimum absolute atomic E-state index is 0.550. The van der Waals surface area contributed by atoms with Gasteiger partial charge in [0.05, 0.1) is 0 Å². The molecular weight excluding hydrogens is 168 g/mol. The molecule has 0 heterocycles. The summed E-state index contributed by atoms with van der Waals surface area (Å²) in [4.78, 5) is 0. The molecule has 0 saturated carbocycles. The highest BCUT2D eigenvalue weighted by Crippen LogP contribution is 2.22. The zero-order chi connectivity index (χ0) is 11.0. The van der Waals surface area contributed by atoms with Crippen molar-refractivity contribution in [3.63, 3.8) is 0 Å². The van der Waals surface area contributed by atoms with Crippen molar-refractivity contribution in [2.45, 2.75) is 33.6 Å². The van der Waals surface area contributed by atoms with Crippen LogP contribution < -0.4 is 0 Å². The summed E-state index contributed by atoms with van der Waals surface area (Å²) in [5, 5.41) is 0. The summed E-state index contributed by atoms with van der Waals surface area (Å²) in [5.41, 5.74) is 2.65. The second kappa shape index (κ2) is 7.37. The minimum Gasteiger partial charge on any atom is -0.103 e. The predicted molar refractivity (Wildman–Crippen MR) is 66.3 cm³/mol. The largest absolute Gasteiger partial charge is 0.103 e. The number of hydrogen-bond donors (Lipinski definition) is 0. The second-order valence-corrected chi connectivity index (χ2v) is 3.81. The van der Waals surface area contributed by atoms with Crippen LogP contribution in [0.3, 0.4) is 0 Å². The van der Waals surface area contributed by atoms with E-state index in [1.807, 2.05) is 19.1 Å². The van der Waals surface area contributed by atoms with E-state index in [0.717, 1.165) is 12.8 Å². The molecule has 0 amide bonds. The van der Waals surface area contributed by atoms with Gasteiger partial charge in [-0.05, 0) is 39.5 Å². The highest BCUT2D eigenvalue weighted by atomic mass is 14.1. The van der Waals surface area contributed by atoms with Gasteiger partial charge in [-0.3, -0.25) is 0 Å². The van der Waals surface area contributed by atoms with Gasteiger partial charge in [0.1, 0.15) is 0 Å². The molecule has 0 aliphatic rings. The number of hydrogen-bond acceptors (Lipinski definition) is 0. The summed E-state index contributed by atoms with van der Waals surface area (Å²) < 4.78 is 0. The molecule has 0 rings (SSSR count). The summed E-state index contributed by atoms with van der Waals surface area (Å²) in [7, 11) is 0. The van der Waals surface area contributed by atoms with E-state index in [-0.39, 0.29) is 0 Å². The first-order chi connectivity index (χ1) is 6.61. The monoisotopic (exact) mass is 190 g/mol. The van der Waals surface area contributed by atoms with Crippen LogP contribution in [0.5, 0.6) is 0 Å². The average Bonchev–Trinajstić information content (AvgIpc) is 2.14. The molecule has 0 nitrogen and oxygen atoms in total. The second-order valence-electron chi connectivity index (χ2n) is 3.81. The molecule has 78 valence electrons. The Morgan fingerprint density at radius 3 is 2.43 bits per heavy atom. The van der Waals surface area contributed by atoms with Gasteiger partial charge in [-0.15, -0.1) is 6.58 Å². The topological polar surface area (TPSA) is 0 Å². The van der Waals surface area contributed by atoms with Gasteiger partial charge < -0.3 is 0 Å². The van der Waals surface area contributed by atoms with Gasteiger partial charge in [0.2, 0.25) is 0 Å². The minimum atomic E-state index is 0.550. The predicted octanol–water partition coefficient (Wildman–Crippen LogP) is 4.67. The van der Waals surface area contributed by atoms with Crippen LogP contribution >= 0.6 is 0 Å². The molecule has 0 bridgehead atoms. The average molecular weight is 190 g/mol. The van der Waals surface area contributed by atoms with Gasteiger partial charge in [0.25, 0.3) is 0 Å². The molecule has 0 radical (unpaired) electrons. The van der Waals surface area contributed by atoms with Crippen molar-refractivity contribution >= 4 is 0 Å². The highest BCUT2D eigenvalue weighted by molar-refractivity contribution is 5.13. The van der Waals surface area contributed by atoms with Crippen molar-refractivity contribution in [3.8, 4) is 0 Å². The van der Waals surface area contributed by atoms with Crippen LogP contribution in [-0.4, -0.2) is 0 Å². The van der Waals surface area contributed by atoms with E-state index >= 15 is 0 Å². The molecule has 0 aliphatic carbocycles. The van der Waals surface area contributed by atoms with E-state index in [4.69, 9.17) is 0 Å². The third-order valence-electron chi connectivity index (χ3n) is 2.29. The Balaban J connectivity index is 4.28. The molecule has 0 aromatic rings. The lowest BCUT2D eigenvalue weighted by atomic mass is 9.91. The first-order valence-corrected chi connectivity index (χ1v) is 5.16. The molecule has 14 heavy (non-hydrogen) atoms. The van der Waals surface area contributed by atoms with Gasteiger partial charge in [0, 0.05) is 0 Å². The van der Waals surface area contributed by atoms with E-state index in [0.29, 0.717) is 5.92 Å². The van der Waals surface area contributed by atoms with Gasteiger partial charge >= 0.3 is 0 Å². The molecule has 0 aliphatic heterocycles.